The van der Waals surface area contributed by atoms with Crippen LogP contribution in [0.4, 0.5) is 0 Å². The van der Waals surface area contributed by atoms with E-state index in [0.717, 1.165) is 48.5 Å². The van der Waals surface area contributed by atoms with E-state index in [9.17, 15) is 0 Å². The quantitative estimate of drug-likeness (QED) is 0.376. The molecule has 0 atom stereocenters. The Labute approximate surface area is 161 Å². The SMILES string of the molecule is CCCCNC(=NCc1nnc(C)n1C)NCCOc1ccc(OC)cc1. The van der Waals surface area contributed by atoms with Gasteiger partial charge in [0.05, 0.1) is 13.7 Å². The van der Waals surface area contributed by atoms with Crippen LogP contribution < -0.4 is 20.1 Å². The van der Waals surface area contributed by atoms with Gasteiger partial charge in [-0.2, -0.15) is 0 Å². The van der Waals surface area contributed by atoms with E-state index in [4.69, 9.17) is 9.47 Å². The van der Waals surface area contributed by atoms with E-state index < -0.39 is 0 Å². The molecule has 0 fully saturated rings. The minimum Gasteiger partial charge on any atom is -0.497 e. The van der Waals surface area contributed by atoms with Crippen molar-refractivity contribution in [2.24, 2.45) is 12.0 Å². The number of rotatable bonds is 10. The zero-order chi connectivity index (χ0) is 19.5. The number of methoxy groups -OCH3 is 1. The number of guanidine groups is 1. The maximum atomic E-state index is 5.74. The summed E-state index contributed by atoms with van der Waals surface area (Å²) < 4.78 is 12.8. The lowest BCUT2D eigenvalue weighted by atomic mass is 10.3. The predicted molar refractivity (Wildman–Crippen MR) is 106 cm³/mol. The van der Waals surface area contributed by atoms with Gasteiger partial charge in [0.2, 0.25) is 0 Å². The van der Waals surface area contributed by atoms with Gasteiger partial charge in [0.15, 0.2) is 11.8 Å². The smallest absolute Gasteiger partial charge is 0.191 e. The summed E-state index contributed by atoms with van der Waals surface area (Å²) in [6, 6.07) is 7.54. The summed E-state index contributed by atoms with van der Waals surface area (Å²) in [5.74, 6) is 4.08. The predicted octanol–water partition coefficient (Wildman–Crippen LogP) is 2.05. The van der Waals surface area contributed by atoms with E-state index in [0.29, 0.717) is 19.7 Å². The Hall–Kier alpha value is -2.77. The molecule has 0 radical (unpaired) electrons. The molecule has 0 aliphatic rings. The first-order valence-electron chi connectivity index (χ1n) is 9.28. The first-order chi connectivity index (χ1) is 13.1. The van der Waals surface area contributed by atoms with Crippen molar-refractivity contribution in [3.05, 3.63) is 35.9 Å². The number of ether oxygens (including phenoxy) is 2. The molecule has 2 N–H and O–H groups in total. The van der Waals surface area contributed by atoms with Gasteiger partial charge in [0.25, 0.3) is 0 Å². The van der Waals surface area contributed by atoms with Crippen LogP contribution in [0.25, 0.3) is 0 Å². The molecular weight excluding hydrogens is 344 g/mol. The third kappa shape index (κ3) is 6.80. The highest BCUT2D eigenvalue weighted by molar-refractivity contribution is 5.79. The monoisotopic (exact) mass is 374 g/mol. The molecule has 0 amide bonds. The number of nitrogens with zero attached hydrogens (tertiary/aromatic N) is 4. The molecule has 1 aromatic carbocycles. The van der Waals surface area contributed by atoms with Crippen LogP contribution in [0.3, 0.4) is 0 Å². The summed E-state index contributed by atoms with van der Waals surface area (Å²) in [6.45, 7) is 6.61. The highest BCUT2D eigenvalue weighted by atomic mass is 16.5. The first-order valence-corrected chi connectivity index (χ1v) is 9.28. The van der Waals surface area contributed by atoms with Crippen molar-refractivity contribution >= 4 is 5.96 Å². The van der Waals surface area contributed by atoms with Crippen molar-refractivity contribution in [1.29, 1.82) is 0 Å². The molecule has 2 aromatic rings. The zero-order valence-corrected chi connectivity index (χ0v) is 16.7. The normalized spacial score (nSPS) is 11.3. The van der Waals surface area contributed by atoms with Crippen molar-refractivity contribution < 1.29 is 9.47 Å². The van der Waals surface area contributed by atoms with Gasteiger partial charge in [-0.05, 0) is 37.6 Å². The molecule has 2 rings (SSSR count). The van der Waals surface area contributed by atoms with E-state index in [1.54, 1.807) is 7.11 Å². The second-order valence-corrected chi connectivity index (χ2v) is 6.12. The Morgan fingerprint density at radius 3 is 2.44 bits per heavy atom. The molecule has 1 aromatic heterocycles. The van der Waals surface area contributed by atoms with Crippen LogP contribution in [-0.2, 0) is 13.6 Å². The van der Waals surface area contributed by atoms with Gasteiger partial charge in [-0.3, -0.25) is 0 Å². The van der Waals surface area contributed by atoms with Crippen LogP contribution in [0.1, 0.15) is 31.4 Å². The number of hydrogen-bond donors (Lipinski definition) is 2. The van der Waals surface area contributed by atoms with Crippen molar-refractivity contribution in [2.45, 2.75) is 33.2 Å². The summed E-state index contributed by atoms with van der Waals surface area (Å²) in [5.41, 5.74) is 0. The topological polar surface area (TPSA) is 85.6 Å². The standard InChI is InChI=1S/C19H30N6O2/c1-5-6-11-20-19(22-14-18-24-23-15(2)25(18)3)21-12-13-27-17-9-7-16(26-4)8-10-17/h7-10H,5-6,11-14H2,1-4H3,(H2,20,21,22). The summed E-state index contributed by atoms with van der Waals surface area (Å²) in [4.78, 5) is 4.61. The molecule has 0 unspecified atom stereocenters. The number of unbranched alkanes of at least 4 members (excludes halogenated alkanes) is 1. The van der Waals surface area contributed by atoms with Gasteiger partial charge in [-0.1, -0.05) is 13.3 Å². The molecule has 0 saturated heterocycles. The summed E-state index contributed by atoms with van der Waals surface area (Å²) >= 11 is 0. The summed E-state index contributed by atoms with van der Waals surface area (Å²) in [6.07, 6.45) is 2.22. The molecule has 0 aliphatic heterocycles. The van der Waals surface area contributed by atoms with Gasteiger partial charge >= 0.3 is 0 Å². The zero-order valence-electron chi connectivity index (χ0n) is 16.7. The molecule has 0 spiro atoms. The summed E-state index contributed by atoms with van der Waals surface area (Å²) in [7, 11) is 3.59. The van der Waals surface area contributed by atoms with Gasteiger partial charge in [0.1, 0.15) is 30.5 Å². The van der Waals surface area contributed by atoms with Crippen molar-refractivity contribution in [1.82, 2.24) is 25.4 Å². The second kappa shape index (κ2) is 11.1. The minimum absolute atomic E-state index is 0.470. The molecule has 0 bridgehead atoms. The molecule has 148 valence electrons. The van der Waals surface area contributed by atoms with Crippen LogP contribution in [0.15, 0.2) is 29.3 Å². The number of benzene rings is 1. The maximum absolute atomic E-state index is 5.74. The Morgan fingerprint density at radius 1 is 1.11 bits per heavy atom. The molecule has 8 nitrogen and oxygen atoms in total. The lowest BCUT2D eigenvalue weighted by molar-refractivity contribution is 0.321. The Kier molecular flexibility index (Phi) is 8.41. The minimum atomic E-state index is 0.470. The fourth-order valence-corrected chi connectivity index (χ4v) is 2.31. The first kappa shape index (κ1) is 20.5. The third-order valence-electron chi connectivity index (χ3n) is 4.11. The van der Waals surface area contributed by atoms with Crippen LogP contribution in [0.2, 0.25) is 0 Å². The number of hydrogen-bond acceptors (Lipinski definition) is 5. The van der Waals surface area contributed by atoms with Gasteiger partial charge < -0.3 is 24.7 Å². The number of aromatic nitrogens is 3. The third-order valence-corrected chi connectivity index (χ3v) is 4.11. The van der Waals surface area contributed by atoms with Crippen LogP contribution in [0, 0.1) is 6.92 Å². The van der Waals surface area contributed by atoms with E-state index in [1.807, 2.05) is 42.8 Å². The molecular formula is C19H30N6O2. The Morgan fingerprint density at radius 2 is 1.81 bits per heavy atom. The fourth-order valence-electron chi connectivity index (χ4n) is 2.31. The van der Waals surface area contributed by atoms with Gasteiger partial charge in [-0.25, -0.2) is 4.99 Å². The fraction of sp³-hybridized carbons (Fsp3) is 0.526. The van der Waals surface area contributed by atoms with Crippen LogP contribution >= 0.6 is 0 Å². The molecule has 0 aliphatic carbocycles. The van der Waals surface area contributed by atoms with Crippen LogP contribution in [0.5, 0.6) is 11.5 Å². The maximum Gasteiger partial charge on any atom is 0.191 e. The molecule has 1 heterocycles. The molecule has 0 saturated carbocycles. The lowest BCUT2D eigenvalue weighted by Crippen LogP contribution is -2.40. The van der Waals surface area contributed by atoms with Crippen molar-refractivity contribution in [3.8, 4) is 11.5 Å². The molecule has 8 heteroatoms. The number of nitrogens with one attached hydrogen (secondary N) is 2. The van der Waals surface area contributed by atoms with E-state index >= 15 is 0 Å². The molecule has 27 heavy (non-hydrogen) atoms. The number of aryl methyl sites for hydroxylation is 1. The average molecular weight is 374 g/mol. The number of aliphatic imine (C=N–C) groups is 1. The lowest BCUT2D eigenvalue weighted by Gasteiger charge is -2.13. The van der Waals surface area contributed by atoms with Gasteiger partial charge in [-0.15, -0.1) is 10.2 Å². The second-order valence-electron chi connectivity index (χ2n) is 6.12. The summed E-state index contributed by atoms with van der Waals surface area (Å²) in [5, 5.41) is 14.9. The van der Waals surface area contributed by atoms with Crippen molar-refractivity contribution in [2.75, 3.05) is 26.8 Å². The largest absolute Gasteiger partial charge is 0.497 e. The van der Waals surface area contributed by atoms with Gasteiger partial charge in [0, 0.05) is 13.6 Å². The van der Waals surface area contributed by atoms with E-state index in [-0.39, 0.29) is 0 Å². The highest BCUT2D eigenvalue weighted by Gasteiger charge is 2.05. The Bertz CT molecular complexity index is 711. The van der Waals surface area contributed by atoms with Crippen LogP contribution in [-0.4, -0.2) is 47.5 Å². The van der Waals surface area contributed by atoms with E-state index in [1.165, 1.54) is 0 Å². The highest BCUT2D eigenvalue weighted by Crippen LogP contribution is 2.16. The van der Waals surface area contributed by atoms with Crippen molar-refractivity contribution in [3.63, 3.8) is 0 Å². The Balaban J connectivity index is 1.83. The average Bonchev–Trinajstić information content (AvgIpc) is 3.01. The van der Waals surface area contributed by atoms with E-state index in [2.05, 4.69) is 32.7 Å².